The molecular weight excluding hydrogens is 396 g/mol. The van der Waals surface area contributed by atoms with Gasteiger partial charge in [-0.2, -0.15) is 0 Å². The summed E-state index contributed by atoms with van der Waals surface area (Å²) in [6, 6.07) is 6.18. The number of hydrogen-bond acceptors (Lipinski definition) is 4. The molecule has 162 valence electrons. The number of carbonyl (C=O) groups is 1. The Morgan fingerprint density at radius 2 is 1.72 bits per heavy atom. The second kappa shape index (κ2) is 6.77. The van der Waals surface area contributed by atoms with Crippen molar-refractivity contribution in [2.75, 3.05) is 14.2 Å². The largest absolute Gasteiger partial charge is 0.496 e. The molecule has 1 aromatic carbocycles. The zero-order valence-corrected chi connectivity index (χ0v) is 21.8. The van der Waals surface area contributed by atoms with Crippen LogP contribution in [0.4, 0.5) is 0 Å². The maximum Gasteiger partial charge on any atom is 0.193 e. The highest BCUT2D eigenvalue weighted by atomic mass is 28.4. The second-order valence-corrected chi connectivity index (χ2v) is 21.4. The van der Waals surface area contributed by atoms with Crippen molar-refractivity contribution in [1.29, 1.82) is 0 Å². The standard InChI is InChI=1S/C23H38O4Si2/c1-21(2,3)29(9,10)27-20-17-12-11-13-18(25-4)19(17)23(20,26-5)22(28(6,7)8)14-16(22)15-24/h11-13,15-16,20H,14H2,1-10H3/t16?,20-,22?,23+/m0/s1. The molecule has 0 aromatic heterocycles. The number of aldehydes is 1. The minimum atomic E-state index is -2.07. The summed E-state index contributed by atoms with van der Waals surface area (Å²) in [7, 11) is -0.400. The van der Waals surface area contributed by atoms with Crippen LogP contribution in [0.1, 0.15) is 44.4 Å². The zero-order chi connectivity index (χ0) is 22.0. The number of carbonyl (C=O) groups excluding carboxylic acids is 1. The molecule has 1 saturated carbocycles. The van der Waals surface area contributed by atoms with Gasteiger partial charge in [0.2, 0.25) is 0 Å². The lowest BCUT2D eigenvalue weighted by Crippen LogP contribution is -2.60. The van der Waals surface area contributed by atoms with E-state index in [0.29, 0.717) is 0 Å². The summed E-state index contributed by atoms with van der Waals surface area (Å²) in [6.07, 6.45) is 1.85. The molecule has 2 aliphatic carbocycles. The van der Waals surface area contributed by atoms with E-state index in [1.54, 1.807) is 14.2 Å². The number of methoxy groups -OCH3 is 2. The van der Waals surface area contributed by atoms with E-state index in [1.807, 2.05) is 12.1 Å². The van der Waals surface area contributed by atoms with Gasteiger partial charge in [0.15, 0.2) is 8.32 Å². The molecule has 2 unspecified atom stereocenters. The predicted octanol–water partition coefficient (Wildman–Crippen LogP) is 5.91. The highest BCUT2D eigenvalue weighted by molar-refractivity contribution is 6.80. The van der Waals surface area contributed by atoms with Gasteiger partial charge in [0.25, 0.3) is 0 Å². The van der Waals surface area contributed by atoms with Gasteiger partial charge >= 0.3 is 0 Å². The fraction of sp³-hybridized carbons (Fsp3) is 0.696. The van der Waals surface area contributed by atoms with Crippen LogP contribution in [0.25, 0.3) is 0 Å². The summed E-state index contributed by atoms with van der Waals surface area (Å²) in [5.41, 5.74) is 1.62. The monoisotopic (exact) mass is 434 g/mol. The Morgan fingerprint density at radius 1 is 1.10 bits per heavy atom. The molecule has 4 nitrogen and oxygen atoms in total. The lowest BCUT2D eigenvalue weighted by molar-refractivity contribution is -0.149. The molecule has 6 heteroatoms. The lowest BCUT2D eigenvalue weighted by Gasteiger charge is -2.60. The molecule has 0 aliphatic heterocycles. The van der Waals surface area contributed by atoms with Crippen molar-refractivity contribution in [3.05, 3.63) is 29.3 Å². The Balaban J connectivity index is 2.25. The lowest BCUT2D eigenvalue weighted by atomic mass is 9.66. The number of hydrogen-bond donors (Lipinski definition) is 0. The highest BCUT2D eigenvalue weighted by Crippen LogP contribution is 2.82. The van der Waals surface area contributed by atoms with E-state index < -0.39 is 22.0 Å². The van der Waals surface area contributed by atoms with E-state index in [9.17, 15) is 4.79 Å². The fourth-order valence-electron chi connectivity index (χ4n) is 5.37. The van der Waals surface area contributed by atoms with Crippen LogP contribution >= 0.6 is 0 Å². The van der Waals surface area contributed by atoms with E-state index in [2.05, 4.69) is 59.6 Å². The van der Waals surface area contributed by atoms with Crippen LogP contribution in [0.5, 0.6) is 5.75 Å². The number of rotatable bonds is 7. The molecule has 0 N–H and O–H groups in total. The van der Waals surface area contributed by atoms with Crippen molar-refractivity contribution >= 4 is 22.7 Å². The van der Waals surface area contributed by atoms with Gasteiger partial charge in [-0.1, -0.05) is 52.5 Å². The summed E-state index contributed by atoms with van der Waals surface area (Å²) in [4.78, 5) is 12.1. The summed E-state index contributed by atoms with van der Waals surface area (Å²) < 4.78 is 19.3. The first-order chi connectivity index (χ1) is 13.2. The fourth-order valence-corrected chi connectivity index (χ4v) is 10.1. The molecule has 2 aliphatic rings. The molecule has 1 aromatic rings. The van der Waals surface area contributed by atoms with E-state index in [0.717, 1.165) is 29.6 Å². The van der Waals surface area contributed by atoms with Gasteiger partial charge in [-0.3, -0.25) is 0 Å². The Bertz CT molecular complexity index is 808. The summed E-state index contributed by atoms with van der Waals surface area (Å²) >= 11 is 0. The van der Waals surface area contributed by atoms with Crippen LogP contribution in [-0.4, -0.2) is 36.9 Å². The van der Waals surface area contributed by atoms with Crippen molar-refractivity contribution in [3.63, 3.8) is 0 Å². The molecule has 0 heterocycles. The first kappa shape index (κ1) is 22.7. The van der Waals surface area contributed by atoms with E-state index in [-0.39, 0.29) is 22.1 Å². The minimum Gasteiger partial charge on any atom is -0.496 e. The smallest absolute Gasteiger partial charge is 0.193 e. The van der Waals surface area contributed by atoms with Crippen molar-refractivity contribution in [2.24, 2.45) is 5.92 Å². The van der Waals surface area contributed by atoms with Gasteiger partial charge in [-0.05, 0) is 36.2 Å². The van der Waals surface area contributed by atoms with Gasteiger partial charge in [0.05, 0.1) is 15.2 Å². The van der Waals surface area contributed by atoms with Crippen molar-refractivity contribution in [2.45, 2.75) is 81.7 Å². The van der Waals surface area contributed by atoms with Gasteiger partial charge in [0.1, 0.15) is 23.7 Å². The van der Waals surface area contributed by atoms with Gasteiger partial charge in [-0.15, -0.1) is 0 Å². The molecular formula is C23H38O4Si2. The number of benzene rings is 1. The van der Waals surface area contributed by atoms with Gasteiger partial charge in [0, 0.05) is 23.6 Å². The second-order valence-electron chi connectivity index (χ2n) is 11.3. The number of ether oxygens (including phenoxy) is 2. The molecule has 3 rings (SSSR count). The van der Waals surface area contributed by atoms with Crippen LogP contribution < -0.4 is 4.74 Å². The average Bonchev–Trinajstić information content (AvgIpc) is 3.36. The molecule has 4 atom stereocenters. The molecule has 0 radical (unpaired) electrons. The first-order valence-corrected chi connectivity index (χ1v) is 17.0. The van der Waals surface area contributed by atoms with Crippen LogP contribution in [-0.2, 0) is 19.6 Å². The normalized spacial score (nSPS) is 31.7. The zero-order valence-electron chi connectivity index (χ0n) is 19.8. The highest BCUT2D eigenvalue weighted by Gasteiger charge is 2.79. The quantitative estimate of drug-likeness (QED) is 0.395. The molecule has 1 fully saturated rings. The van der Waals surface area contributed by atoms with Crippen LogP contribution in [0.15, 0.2) is 18.2 Å². The van der Waals surface area contributed by atoms with Crippen molar-refractivity contribution < 1.29 is 18.7 Å². The minimum absolute atomic E-state index is 0.0118. The third-order valence-corrected chi connectivity index (χ3v) is 16.1. The summed E-state index contributed by atoms with van der Waals surface area (Å²) in [6.45, 7) is 18.4. The van der Waals surface area contributed by atoms with E-state index >= 15 is 0 Å². The van der Waals surface area contributed by atoms with Gasteiger partial charge < -0.3 is 18.7 Å². The van der Waals surface area contributed by atoms with Crippen LogP contribution in [0.2, 0.25) is 42.8 Å². The number of fused-ring (bicyclic) bond motifs is 1. The molecule has 0 bridgehead atoms. The summed E-state index contributed by atoms with van der Waals surface area (Å²) in [5.74, 6) is 0.853. The maximum absolute atomic E-state index is 12.1. The van der Waals surface area contributed by atoms with E-state index in [4.69, 9.17) is 13.9 Å². The Labute approximate surface area is 178 Å². The topological polar surface area (TPSA) is 44.8 Å². The Kier molecular flexibility index (Phi) is 5.31. The molecule has 0 spiro atoms. The Hall–Kier alpha value is -0.956. The van der Waals surface area contributed by atoms with Crippen LogP contribution in [0.3, 0.4) is 0 Å². The third-order valence-electron chi connectivity index (χ3n) is 8.02. The van der Waals surface area contributed by atoms with Crippen molar-refractivity contribution in [1.82, 2.24) is 0 Å². The Morgan fingerprint density at radius 3 is 2.14 bits per heavy atom. The van der Waals surface area contributed by atoms with Crippen LogP contribution in [0, 0.1) is 5.92 Å². The maximum atomic E-state index is 12.1. The third kappa shape index (κ3) is 2.86. The SMILES string of the molecule is COc1cccc2c1[C@](OC)(C1([Si](C)(C)C)CC1C=O)[C@H]2O[Si](C)(C)C(C)(C)C. The average molecular weight is 435 g/mol. The molecule has 29 heavy (non-hydrogen) atoms. The van der Waals surface area contributed by atoms with E-state index in [1.165, 1.54) is 0 Å². The first-order valence-electron chi connectivity index (χ1n) is 10.6. The van der Waals surface area contributed by atoms with Gasteiger partial charge in [-0.25, -0.2) is 0 Å². The summed E-state index contributed by atoms with van der Waals surface area (Å²) in [5, 5.41) is -0.105. The molecule has 0 saturated heterocycles. The predicted molar refractivity (Wildman–Crippen MR) is 123 cm³/mol. The van der Waals surface area contributed by atoms with Crippen molar-refractivity contribution in [3.8, 4) is 5.75 Å². The molecule has 0 amide bonds.